The van der Waals surface area contributed by atoms with E-state index in [-0.39, 0.29) is 25.2 Å². The van der Waals surface area contributed by atoms with Gasteiger partial charge in [0.2, 0.25) is 0 Å². The van der Waals surface area contributed by atoms with E-state index in [2.05, 4.69) is 4.74 Å². The lowest BCUT2D eigenvalue weighted by Crippen LogP contribution is -2.59. The number of alkyl halides is 1. The highest BCUT2D eigenvalue weighted by Crippen LogP contribution is 2.33. The quantitative estimate of drug-likeness (QED) is 0.600. The maximum atomic E-state index is 12.2. The molecule has 0 amide bonds. The van der Waals surface area contributed by atoms with Gasteiger partial charge in [-0.25, -0.2) is 4.39 Å². The van der Waals surface area contributed by atoms with Crippen LogP contribution in [-0.2, 0) is 9.53 Å². The van der Waals surface area contributed by atoms with E-state index in [1.54, 1.807) is 0 Å². The molecule has 1 saturated carbocycles. The fraction of sp³-hybridized carbons (Fsp3) is 0.833. The molecular formula is C6H11ClFNO2. The summed E-state index contributed by atoms with van der Waals surface area (Å²) in [6, 6.07) is 0. The van der Waals surface area contributed by atoms with Gasteiger partial charge in [0, 0.05) is 12.8 Å². The summed E-state index contributed by atoms with van der Waals surface area (Å²) in [5, 5.41) is 0. The van der Waals surface area contributed by atoms with Gasteiger partial charge in [0.25, 0.3) is 0 Å². The van der Waals surface area contributed by atoms with Gasteiger partial charge in [0.1, 0.15) is 11.7 Å². The van der Waals surface area contributed by atoms with Crippen molar-refractivity contribution in [1.29, 1.82) is 0 Å². The standard InChI is InChI=1S/C6H10FNO2.ClH/c1-10-5(9)6(8)2-4(7)3-6;/h4H,2-3,8H2,1H3;1H. The molecule has 1 aliphatic carbocycles. The number of ether oxygens (including phenoxy) is 1. The van der Waals surface area contributed by atoms with Crippen molar-refractivity contribution < 1.29 is 13.9 Å². The highest BCUT2D eigenvalue weighted by molar-refractivity contribution is 5.85. The third-order valence-corrected chi connectivity index (χ3v) is 1.76. The first kappa shape index (κ1) is 10.7. The fourth-order valence-electron chi connectivity index (χ4n) is 1.10. The van der Waals surface area contributed by atoms with Crippen molar-refractivity contribution in [2.24, 2.45) is 5.73 Å². The molecule has 2 N–H and O–H groups in total. The monoisotopic (exact) mass is 183 g/mol. The highest BCUT2D eigenvalue weighted by Gasteiger charge is 2.48. The average Bonchev–Trinajstić information content (AvgIpc) is 1.83. The van der Waals surface area contributed by atoms with Crippen LogP contribution in [0.5, 0.6) is 0 Å². The first-order chi connectivity index (χ1) is 4.58. The molecular weight excluding hydrogens is 173 g/mol. The van der Waals surface area contributed by atoms with Crippen LogP contribution in [0.1, 0.15) is 12.8 Å². The summed E-state index contributed by atoms with van der Waals surface area (Å²) >= 11 is 0. The van der Waals surface area contributed by atoms with Crippen molar-refractivity contribution in [2.75, 3.05) is 7.11 Å². The topological polar surface area (TPSA) is 52.3 Å². The molecule has 0 atom stereocenters. The molecule has 1 fully saturated rings. The Balaban J connectivity index is 0.000001000. The fourth-order valence-corrected chi connectivity index (χ4v) is 1.10. The summed E-state index contributed by atoms with van der Waals surface area (Å²) in [5.74, 6) is -0.513. The number of hydrogen-bond acceptors (Lipinski definition) is 3. The second kappa shape index (κ2) is 3.36. The van der Waals surface area contributed by atoms with Crippen molar-refractivity contribution in [1.82, 2.24) is 0 Å². The van der Waals surface area contributed by atoms with Crippen LogP contribution in [0.3, 0.4) is 0 Å². The van der Waals surface area contributed by atoms with Gasteiger partial charge in [-0.15, -0.1) is 12.4 Å². The Labute approximate surface area is 70.5 Å². The van der Waals surface area contributed by atoms with Crippen LogP contribution < -0.4 is 5.73 Å². The van der Waals surface area contributed by atoms with Gasteiger partial charge in [-0.3, -0.25) is 4.79 Å². The van der Waals surface area contributed by atoms with Crippen molar-refractivity contribution >= 4 is 18.4 Å². The minimum Gasteiger partial charge on any atom is -0.468 e. The summed E-state index contributed by atoms with van der Waals surface area (Å²) in [6.07, 6.45) is -0.733. The summed E-state index contributed by atoms with van der Waals surface area (Å²) in [4.78, 5) is 10.7. The molecule has 0 unspecified atom stereocenters. The van der Waals surface area contributed by atoms with Gasteiger partial charge in [0.15, 0.2) is 0 Å². The van der Waals surface area contributed by atoms with Gasteiger partial charge in [0.05, 0.1) is 7.11 Å². The summed E-state index contributed by atoms with van der Waals surface area (Å²) in [6.45, 7) is 0. The number of esters is 1. The van der Waals surface area contributed by atoms with Gasteiger partial charge in [-0.2, -0.15) is 0 Å². The van der Waals surface area contributed by atoms with E-state index in [1.807, 2.05) is 0 Å². The Kier molecular flexibility index (Phi) is 3.26. The van der Waals surface area contributed by atoms with E-state index in [9.17, 15) is 9.18 Å². The lowest BCUT2D eigenvalue weighted by Gasteiger charge is -2.37. The average molecular weight is 184 g/mol. The lowest BCUT2D eigenvalue weighted by atomic mass is 9.76. The summed E-state index contributed by atoms with van der Waals surface area (Å²) in [5.41, 5.74) is 4.40. The van der Waals surface area contributed by atoms with E-state index in [4.69, 9.17) is 5.73 Å². The number of hydrogen-bond donors (Lipinski definition) is 1. The maximum absolute atomic E-state index is 12.2. The van der Waals surface area contributed by atoms with E-state index < -0.39 is 17.7 Å². The number of methoxy groups -OCH3 is 1. The number of halogens is 2. The largest absolute Gasteiger partial charge is 0.468 e. The smallest absolute Gasteiger partial charge is 0.326 e. The zero-order chi connectivity index (χ0) is 7.78. The van der Waals surface area contributed by atoms with Crippen LogP contribution in [0, 0.1) is 0 Å². The minimum absolute atomic E-state index is 0. The van der Waals surface area contributed by atoms with Crippen LogP contribution in [0.2, 0.25) is 0 Å². The first-order valence-electron chi connectivity index (χ1n) is 3.10. The number of carbonyl (C=O) groups excluding carboxylic acids is 1. The normalized spacial score (nSPS) is 35.0. The molecule has 5 heteroatoms. The highest BCUT2D eigenvalue weighted by atomic mass is 35.5. The predicted molar refractivity (Wildman–Crippen MR) is 40.3 cm³/mol. The molecule has 1 aliphatic rings. The van der Waals surface area contributed by atoms with Crippen LogP contribution in [-0.4, -0.2) is 24.8 Å². The maximum Gasteiger partial charge on any atom is 0.326 e. The summed E-state index contributed by atoms with van der Waals surface area (Å²) < 4.78 is 16.6. The molecule has 0 bridgehead atoms. The van der Waals surface area contributed by atoms with Crippen LogP contribution in [0.15, 0.2) is 0 Å². The van der Waals surface area contributed by atoms with Crippen molar-refractivity contribution in [3.05, 3.63) is 0 Å². The molecule has 0 spiro atoms. The Morgan fingerprint density at radius 3 is 2.45 bits per heavy atom. The second-order valence-electron chi connectivity index (χ2n) is 2.65. The Hall–Kier alpha value is -0.350. The molecule has 1 rings (SSSR count). The lowest BCUT2D eigenvalue weighted by molar-refractivity contribution is -0.153. The predicted octanol–water partition coefficient (Wildman–Crippen LogP) is 0.411. The Bertz CT molecular complexity index is 159. The number of carbonyl (C=O) groups is 1. The molecule has 0 radical (unpaired) electrons. The third-order valence-electron chi connectivity index (χ3n) is 1.76. The zero-order valence-corrected chi connectivity index (χ0v) is 6.99. The van der Waals surface area contributed by atoms with Crippen molar-refractivity contribution in [3.8, 4) is 0 Å². The van der Waals surface area contributed by atoms with E-state index in [0.717, 1.165) is 0 Å². The van der Waals surface area contributed by atoms with Crippen LogP contribution in [0.4, 0.5) is 4.39 Å². The zero-order valence-electron chi connectivity index (χ0n) is 6.17. The van der Waals surface area contributed by atoms with E-state index >= 15 is 0 Å². The van der Waals surface area contributed by atoms with Gasteiger partial charge in [-0.1, -0.05) is 0 Å². The molecule has 0 aromatic rings. The van der Waals surface area contributed by atoms with E-state index in [0.29, 0.717) is 0 Å². The second-order valence-corrected chi connectivity index (χ2v) is 2.65. The van der Waals surface area contributed by atoms with Crippen LogP contribution >= 0.6 is 12.4 Å². The molecule has 66 valence electrons. The SMILES string of the molecule is COC(=O)C1(N)CC(F)C1.Cl. The molecule has 0 heterocycles. The molecule has 11 heavy (non-hydrogen) atoms. The minimum atomic E-state index is -1.03. The third kappa shape index (κ3) is 1.81. The van der Waals surface area contributed by atoms with E-state index in [1.165, 1.54) is 7.11 Å². The van der Waals surface area contributed by atoms with Gasteiger partial charge < -0.3 is 10.5 Å². The first-order valence-corrected chi connectivity index (χ1v) is 3.10. The molecule has 0 aliphatic heterocycles. The molecule has 3 nitrogen and oxygen atoms in total. The molecule has 0 aromatic carbocycles. The van der Waals surface area contributed by atoms with Gasteiger partial charge in [-0.05, 0) is 0 Å². The molecule has 0 saturated heterocycles. The van der Waals surface area contributed by atoms with Crippen LogP contribution in [0.25, 0.3) is 0 Å². The van der Waals surface area contributed by atoms with Gasteiger partial charge >= 0.3 is 5.97 Å². The Morgan fingerprint density at radius 1 is 1.73 bits per heavy atom. The number of nitrogens with two attached hydrogens (primary N) is 1. The summed E-state index contributed by atoms with van der Waals surface area (Å²) in [7, 11) is 1.25. The number of rotatable bonds is 1. The molecule has 0 aromatic heterocycles. The Morgan fingerprint density at radius 2 is 2.18 bits per heavy atom. The van der Waals surface area contributed by atoms with Crippen molar-refractivity contribution in [2.45, 2.75) is 24.6 Å². The van der Waals surface area contributed by atoms with Crippen molar-refractivity contribution in [3.63, 3.8) is 0 Å².